The van der Waals surface area contributed by atoms with Crippen LogP contribution in [0.15, 0.2) is 6.33 Å². The van der Waals surface area contributed by atoms with E-state index in [9.17, 15) is 9.59 Å². The second-order valence-corrected chi connectivity index (χ2v) is 3.64. The van der Waals surface area contributed by atoms with Gasteiger partial charge in [-0.05, 0) is 0 Å². The van der Waals surface area contributed by atoms with Crippen LogP contribution in [0.25, 0.3) is 0 Å². The van der Waals surface area contributed by atoms with E-state index in [0.29, 0.717) is 31.9 Å². The Labute approximate surface area is 98.2 Å². The van der Waals surface area contributed by atoms with E-state index in [1.807, 2.05) is 0 Å². The highest BCUT2D eigenvalue weighted by Crippen LogP contribution is 2.10. The summed E-state index contributed by atoms with van der Waals surface area (Å²) in [6.45, 7) is 2.02. The van der Waals surface area contributed by atoms with Crippen LogP contribution in [0.2, 0.25) is 0 Å². The number of nitrogens with one attached hydrogen (secondary N) is 2. The van der Waals surface area contributed by atoms with Gasteiger partial charge in [-0.3, -0.25) is 9.59 Å². The molecule has 1 aliphatic rings. The molecule has 7 heteroatoms. The highest BCUT2D eigenvalue weighted by atomic mass is 16.5. The van der Waals surface area contributed by atoms with E-state index in [2.05, 4.69) is 15.6 Å². The van der Waals surface area contributed by atoms with E-state index < -0.39 is 0 Å². The number of amides is 2. The first-order valence-electron chi connectivity index (χ1n) is 5.34. The molecule has 0 saturated heterocycles. The van der Waals surface area contributed by atoms with Gasteiger partial charge in [0.2, 0.25) is 0 Å². The molecule has 0 aromatic carbocycles. The molecule has 0 unspecified atom stereocenters. The van der Waals surface area contributed by atoms with Crippen molar-refractivity contribution in [2.75, 3.05) is 26.8 Å². The zero-order valence-corrected chi connectivity index (χ0v) is 9.52. The zero-order chi connectivity index (χ0) is 12.3. The number of hydrogen-bond donors (Lipinski definition) is 2. The summed E-state index contributed by atoms with van der Waals surface area (Å²) in [7, 11) is 1.55. The number of methoxy groups -OCH3 is 1. The Morgan fingerprint density at radius 1 is 1.71 bits per heavy atom. The Morgan fingerprint density at radius 3 is 3.29 bits per heavy atom. The molecule has 1 aromatic heterocycles. The standard InChI is InChI=1S/C10H14N4O3/c1-17-5-3-12-9(15)7-8-10(16)11-2-4-14(8)6-13-7/h6H,2-5H2,1H3,(H,11,16)(H,12,15). The van der Waals surface area contributed by atoms with E-state index in [4.69, 9.17) is 4.74 Å². The molecule has 2 N–H and O–H groups in total. The minimum absolute atomic E-state index is 0.165. The van der Waals surface area contributed by atoms with Crippen LogP contribution in [0.5, 0.6) is 0 Å². The fraction of sp³-hybridized carbons (Fsp3) is 0.500. The van der Waals surface area contributed by atoms with Gasteiger partial charge in [-0.2, -0.15) is 0 Å². The third kappa shape index (κ3) is 2.28. The van der Waals surface area contributed by atoms with Crippen molar-refractivity contribution in [2.45, 2.75) is 6.54 Å². The highest BCUT2D eigenvalue weighted by Gasteiger charge is 2.25. The monoisotopic (exact) mass is 238 g/mol. The first-order valence-corrected chi connectivity index (χ1v) is 5.34. The normalized spacial score (nSPS) is 14.1. The third-order valence-corrected chi connectivity index (χ3v) is 2.50. The molecule has 17 heavy (non-hydrogen) atoms. The van der Waals surface area contributed by atoms with Gasteiger partial charge in [-0.15, -0.1) is 0 Å². The summed E-state index contributed by atoms with van der Waals surface area (Å²) in [4.78, 5) is 27.4. The maximum Gasteiger partial charge on any atom is 0.272 e. The predicted octanol–water partition coefficient (Wildman–Crippen LogP) is -0.997. The number of aromatic nitrogens is 2. The van der Waals surface area contributed by atoms with Crippen LogP contribution >= 0.6 is 0 Å². The lowest BCUT2D eigenvalue weighted by molar-refractivity contribution is 0.0893. The van der Waals surface area contributed by atoms with Crippen LogP contribution in [0.3, 0.4) is 0 Å². The second kappa shape index (κ2) is 4.96. The maximum atomic E-state index is 11.8. The number of carbonyl (C=O) groups is 2. The predicted molar refractivity (Wildman–Crippen MR) is 58.8 cm³/mol. The van der Waals surface area contributed by atoms with Gasteiger partial charge < -0.3 is 19.9 Å². The average Bonchev–Trinajstić information content (AvgIpc) is 2.74. The molecule has 7 nitrogen and oxygen atoms in total. The maximum absolute atomic E-state index is 11.8. The number of ether oxygens (including phenoxy) is 1. The molecule has 2 rings (SSSR count). The topological polar surface area (TPSA) is 85.2 Å². The Hall–Kier alpha value is -1.89. The highest BCUT2D eigenvalue weighted by molar-refractivity contribution is 6.05. The first-order chi connectivity index (χ1) is 8.24. The summed E-state index contributed by atoms with van der Waals surface area (Å²) in [6.07, 6.45) is 1.51. The minimum atomic E-state index is -0.354. The van der Waals surface area contributed by atoms with Gasteiger partial charge in [0, 0.05) is 26.7 Å². The number of rotatable bonds is 4. The average molecular weight is 238 g/mol. The smallest absolute Gasteiger partial charge is 0.272 e. The van der Waals surface area contributed by atoms with E-state index in [1.54, 1.807) is 11.7 Å². The Bertz CT molecular complexity index is 441. The van der Waals surface area contributed by atoms with Crippen LogP contribution in [0, 0.1) is 0 Å². The van der Waals surface area contributed by atoms with Crippen LogP contribution in [-0.4, -0.2) is 48.2 Å². The summed E-state index contributed by atoms with van der Waals surface area (Å²) in [6, 6.07) is 0. The Morgan fingerprint density at radius 2 is 2.53 bits per heavy atom. The lowest BCUT2D eigenvalue weighted by Gasteiger charge is -2.15. The minimum Gasteiger partial charge on any atom is -0.383 e. The van der Waals surface area contributed by atoms with E-state index in [1.165, 1.54) is 6.33 Å². The fourth-order valence-corrected chi connectivity index (χ4v) is 1.68. The molecule has 0 radical (unpaired) electrons. The number of hydrogen-bond acceptors (Lipinski definition) is 4. The summed E-state index contributed by atoms with van der Waals surface area (Å²) in [5.41, 5.74) is 0.490. The number of fused-ring (bicyclic) bond motifs is 1. The number of nitrogens with zero attached hydrogens (tertiary/aromatic N) is 2. The Balaban J connectivity index is 2.13. The molecule has 92 valence electrons. The van der Waals surface area contributed by atoms with Crippen molar-refractivity contribution in [1.82, 2.24) is 20.2 Å². The Kier molecular flexibility index (Phi) is 3.38. The molecule has 0 bridgehead atoms. The van der Waals surface area contributed by atoms with E-state index in [-0.39, 0.29) is 17.5 Å². The molecular weight excluding hydrogens is 224 g/mol. The van der Waals surface area contributed by atoms with Crippen molar-refractivity contribution in [3.05, 3.63) is 17.7 Å². The summed E-state index contributed by atoms with van der Waals surface area (Å²) >= 11 is 0. The molecule has 0 atom stereocenters. The van der Waals surface area contributed by atoms with Crippen LogP contribution in [0.1, 0.15) is 21.0 Å². The van der Waals surface area contributed by atoms with Gasteiger partial charge in [-0.25, -0.2) is 4.98 Å². The quantitative estimate of drug-likeness (QED) is 0.659. The van der Waals surface area contributed by atoms with E-state index in [0.717, 1.165) is 0 Å². The molecule has 2 amide bonds. The molecule has 0 saturated carbocycles. The molecule has 2 heterocycles. The van der Waals surface area contributed by atoms with Crippen molar-refractivity contribution in [2.24, 2.45) is 0 Å². The third-order valence-electron chi connectivity index (χ3n) is 2.50. The molecule has 1 aromatic rings. The number of carbonyl (C=O) groups excluding carboxylic acids is 2. The molecule has 0 aliphatic carbocycles. The number of imidazole rings is 1. The van der Waals surface area contributed by atoms with Crippen molar-refractivity contribution < 1.29 is 14.3 Å². The molecular formula is C10H14N4O3. The largest absolute Gasteiger partial charge is 0.383 e. The SMILES string of the molecule is COCCNC(=O)c1ncn2c1C(=O)NCC2. The van der Waals surface area contributed by atoms with Gasteiger partial charge in [-0.1, -0.05) is 0 Å². The van der Waals surface area contributed by atoms with Crippen LogP contribution in [-0.2, 0) is 11.3 Å². The van der Waals surface area contributed by atoms with Crippen molar-refractivity contribution in [3.63, 3.8) is 0 Å². The van der Waals surface area contributed by atoms with Crippen molar-refractivity contribution in [3.8, 4) is 0 Å². The molecule has 0 spiro atoms. The van der Waals surface area contributed by atoms with Gasteiger partial charge in [0.25, 0.3) is 11.8 Å². The lowest BCUT2D eigenvalue weighted by Crippen LogP contribution is -2.37. The summed E-state index contributed by atoms with van der Waals surface area (Å²) < 4.78 is 6.51. The van der Waals surface area contributed by atoms with Gasteiger partial charge in [0.05, 0.1) is 12.9 Å². The fourth-order valence-electron chi connectivity index (χ4n) is 1.68. The van der Waals surface area contributed by atoms with Crippen LogP contribution < -0.4 is 10.6 Å². The summed E-state index contributed by atoms with van der Waals surface area (Å²) in [5, 5.41) is 5.32. The molecule has 0 fully saturated rings. The van der Waals surface area contributed by atoms with Gasteiger partial charge >= 0.3 is 0 Å². The zero-order valence-electron chi connectivity index (χ0n) is 9.52. The van der Waals surface area contributed by atoms with E-state index >= 15 is 0 Å². The molecule has 1 aliphatic heterocycles. The van der Waals surface area contributed by atoms with Crippen LogP contribution in [0.4, 0.5) is 0 Å². The van der Waals surface area contributed by atoms with Gasteiger partial charge in [0.15, 0.2) is 5.69 Å². The summed E-state index contributed by atoms with van der Waals surface area (Å²) in [5.74, 6) is -0.613. The lowest BCUT2D eigenvalue weighted by atomic mass is 10.2. The second-order valence-electron chi connectivity index (χ2n) is 3.64. The first kappa shape index (κ1) is 11.6. The van der Waals surface area contributed by atoms with Crippen molar-refractivity contribution in [1.29, 1.82) is 0 Å². The van der Waals surface area contributed by atoms with Gasteiger partial charge in [0.1, 0.15) is 5.69 Å². The van der Waals surface area contributed by atoms with Crippen molar-refractivity contribution >= 4 is 11.8 Å².